The summed E-state index contributed by atoms with van der Waals surface area (Å²) < 4.78 is 20.3. The van der Waals surface area contributed by atoms with Gasteiger partial charge in [0.25, 0.3) is 0 Å². The monoisotopic (exact) mass is 283 g/mol. The summed E-state index contributed by atoms with van der Waals surface area (Å²) in [4.78, 5) is 11.6. The lowest BCUT2D eigenvalue weighted by Gasteiger charge is -2.23. The Hall–Kier alpha value is -1.79. The van der Waals surface area contributed by atoms with Crippen LogP contribution in [-0.2, 0) is 14.2 Å². The maximum atomic E-state index is 11.6. The van der Waals surface area contributed by atoms with E-state index < -0.39 is 5.97 Å². The average Bonchev–Trinajstić information content (AvgIpc) is 2.47. The Morgan fingerprint density at radius 3 is 2.30 bits per heavy atom. The Labute approximate surface area is 119 Å². The molecule has 0 heterocycles. The topological polar surface area (TPSA) is 66.0 Å². The molecule has 0 bridgehead atoms. The third-order valence-electron chi connectivity index (χ3n) is 2.87. The van der Waals surface area contributed by atoms with Gasteiger partial charge in [-0.05, 0) is 19.1 Å². The molecule has 0 radical (unpaired) electrons. The number of hydrogen-bond acceptors (Lipinski definition) is 6. The molecule has 0 aliphatic rings. The molecule has 1 atom stereocenters. The Morgan fingerprint density at radius 2 is 1.80 bits per heavy atom. The van der Waals surface area contributed by atoms with Gasteiger partial charge in [-0.1, -0.05) is 0 Å². The summed E-state index contributed by atoms with van der Waals surface area (Å²) in [5.41, 5.74) is 1.17. The van der Waals surface area contributed by atoms with Crippen molar-refractivity contribution in [2.75, 3.05) is 33.8 Å². The van der Waals surface area contributed by atoms with E-state index in [0.717, 1.165) is 5.69 Å². The largest absolute Gasteiger partial charge is 0.496 e. The molecule has 20 heavy (non-hydrogen) atoms. The van der Waals surface area contributed by atoms with Gasteiger partial charge in [0.05, 0.1) is 20.3 Å². The highest BCUT2D eigenvalue weighted by molar-refractivity contribution is 5.93. The number of nitrogens with one attached hydrogen (secondary N) is 1. The van der Waals surface area contributed by atoms with Crippen molar-refractivity contribution in [2.45, 2.75) is 19.3 Å². The fraction of sp³-hybridized carbons (Fsp3) is 0.500. The van der Waals surface area contributed by atoms with E-state index in [4.69, 9.17) is 18.9 Å². The number of hydrogen-bond donors (Lipinski definition) is 1. The first kappa shape index (κ1) is 16.3. The van der Waals surface area contributed by atoms with Crippen LogP contribution in [0.2, 0.25) is 0 Å². The summed E-state index contributed by atoms with van der Waals surface area (Å²) in [6, 6.07) is 5.08. The number of carbonyl (C=O) groups is 1. The molecule has 0 aliphatic carbocycles. The first-order valence-corrected chi connectivity index (χ1v) is 6.15. The molecule has 1 N–H and O–H groups in total. The van der Waals surface area contributed by atoms with E-state index in [0.29, 0.717) is 11.3 Å². The zero-order valence-electron chi connectivity index (χ0n) is 12.4. The smallest absolute Gasteiger partial charge is 0.341 e. The van der Waals surface area contributed by atoms with Crippen molar-refractivity contribution in [3.63, 3.8) is 0 Å². The van der Waals surface area contributed by atoms with Gasteiger partial charge in [0, 0.05) is 26.0 Å². The van der Waals surface area contributed by atoms with Gasteiger partial charge in [-0.3, -0.25) is 0 Å². The summed E-state index contributed by atoms with van der Waals surface area (Å²) >= 11 is 0. The van der Waals surface area contributed by atoms with Gasteiger partial charge in [0.1, 0.15) is 11.3 Å². The molecule has 1 aromatic carbocycles. The molecule has 1 rings (SSSR count). The molecule has 0 aliphatic heterocycles. The van der Waals surface area contributed by atoms with Crippen LogP contribution in [0.1, 0.15) is 17.3 Å². The lowest BCUT2D eigenvalue weighted by atomic mass is 10.1. The first-order valence-electron chi connectivity index (χ1n) is 6.15. The third-order valence-corrected chi connectivity index (χ3v) is 2.87. The highest BCUT2D eigenvalue weighted by atomic mass is 16.7. The number of methoxy groups -OCH3 is 4. The molecule has 0 saturated carbocycles. The number of rotatable bonds is 7. The van der Waals surface area contributed by atoms with Crippen molar-refractivity contribution in [1.82, 2.24) is 0 Å². The van der Waals surface area contributed by atoms with E-state index in [1.165, 1.54) is 14.2 Å². The summed E-state index contributed by atoms with van der Waals surface area (Å²) in [5.74, 6) is 0.00791. The molecule has 1 aromatic rings. The van der Waals surface area contributed by atoms with Crippen LogP contribution in [0.3, 0.4) is 0 Å². The van der Waals surface area contributed by atoms with Crippen LogP contribution in [0.5, 0.6) is 5.75 Å². The summed E-state index contributed by atoms with van der Waals surface area (Å²) in [7, 11) is 5.99. The molecule has 0 spiro atoms. The molecule has 112 valence electrons. The highest BCUT2D eigenvalue weighted by Crippen LogP contribution is 2.24. The predicted molar refractivity (Wildman–Crippen MR) is 75.2 cm³/mol. The minimum atomic E-state index is -0.437. The fourth-order valence-corrected chi connectivity index (χ4v) is 1.90. The minimum absolute atomic E-state index is 0.0707. The number of carbonyl (C=O) groups excluding carboxylic acids is 1. The van der Waals surface area contributed by atoms with Crippen LogP contribution >= 0.6 is 0 Å². The van der Waals surface area contributed by atoms with Gasteiger partial charge in [-0.2, -0.15) is 0 Å². The van der Waals surface area contributed by atoms with Crippen molar-refractivity contribution < 1.29 is 23.7 Å². The summed E-state index contributed by atoms with van der Waals surface area (Å²) in [6.07, 6.45) is -0.374. The maximum absolute atomic E-state index is 11.6. The van der Waals surface area contributed by atoms with Crippen LogP contribution in [0.15, 0.2) is 18.2 Å². The van der Waals surface area contributed by atoms with Crippen molar-refractivity contribution >= 4 is 11.7 Å². The van der Waals surface area contributed by atoms with Crippen LogP contribution in [0, 0.1) is 0 Å². The molecular weight excluding hydrogens is 262 g/mol. The van der Waals surface area contributed by atoms with E-state index in [1.54, 1.807) is 32.4 Å². The number of benzene rings is 1. The highest BCUT2D eigenvalue weighted by Gasteiger charge is 2.17. The maximum Gasteiger partial charge on any atom is 0.341 e. The predicted octanol–water partition coefficient (Wildman–Crippen LogP) is 1.90. The molecule has 0 aromatic heterocycles. The van der Waals surface area contributed by atoms with Gasteiger partial charge in [-0.15, -0.1) is 0 Å². The second-order valence-electron chi connectivity index (χ2n) is 4.18. The van der Waals surface area contributed by atoms with Crippen LogP contribution < -0.4 is 10.1 Å². The van der Waals surface area contributed by atoms with Crippen molar-refractivity contribution in [1.29, 1.82) is 0 Å². The lowest BCUT2D eigenvalue weighted by molar-refractivity contribution is -0.109. The van der Waals surface area contributed by atoms with E-state index in [9.17, 15) is 4.79 Å². The normalized spacial score (nSPS) is 12.1. The van der Waals surface area contributed by atoms with Crippen molar-refractivity contribution in [2.24, 2.45) is 0 Å². The van der Waals surface area contributed by atoms with E-state index in [1.807, 2.05) is 6.92 Å². The van der Waals surface area contributed by atoms with Gasteiger partial charge >= 0.3 is 5.97 Å². The molecular formula is C14H21NO5. The van der Waals surface area contributed by atoms with Gasteiger partial charge in [-0.25, -0.2) is 4.79 Å². The van der Waals surface area contributed by atoms with E-state index in [-0.39, 0.29) is 12.3 Å². The van der Waals surface area contributed by atoms with Crippen molar-refractivity contribution in [3.05, 3.63) is 23.8 Å². The number of anilines is 1. The molecule has 1 unspecified atom stereocenters. The molecule has 0 fully saturated rings. The van der Waals surface area contributed by atoms with Crippen LogP contribution in [0.4, 0.5) is 5.69 Å². The Balaban J connectivity index is 2.90. The van der Waals surface area contributed by atoms with Gasteiger partial charge in [0.2, 0.25) is 0 Å². The Morgan fingerprint density at radius 1 is 1.15 bits per heavy atom. The molecule has 0 saturated heterocycles. The second kappa shape index (κ2) is 7.72. The second-order valence-corrected chi connectivity index (χ2v) is 4.18. The third kappa shape index (κ3) is 3.85. The van der Waals surface area contributed by atoms with Gasteiger partial charge in [0.15, 0.2) is 6.29 Å². The van der Waals surface area contributed by atoms with Crippen molar-refractivity contribution in [3.8, 4) is 5.75 Å². The zero-order valence-corrected chi connectivity index (χ0v) is 12.4. The van der Waals surface area contributed by atoms with Gasteiger partial charge < -0.3 is 24.3 Å². The average molecular weight is 283 g/mol. The summed E-state index contributed by atoms with van der Waals surface area (Å²) in [5, 5.41) is 3.22. The molecule has 0 amide bonds. The zero-order chi connectivity index (χ0) is 15.1. The minimum Gasteiger partial charge on any atom is -0.496 e. The standard InChI is InChI=1S/C14H21NO5/c1-9(14(19-4)20-5)15-10-6-7-11(13(16)18-3)12(8-10)17-2/h6-9,14-15H,1-5H3. The lowest BCUT2D eigenvalue weighted by Crippen LogP contribution is -2.33. The SMILES string of the molecule is COC(=O)c1ccc(NC(C)C(OC)OC)cc1OC. The van der Waals surface area contributed by atoms with Crippen LogP contribution in [-0.4, -0.2) is 46.7 Å². The Bertz CT molecular complexity index is 445. The first-order chi connectivity index (χ1) is 9.57. The van der Waals surface area contributed by atoms with E-state index in [2.05, 4.69) is 5.32 Å². The van der Waals surface area contributed by atoms with Crippen LogP contribution in [0.25, 0.3) is 0 Å². The quantitative estimate of drug-likeness (QED) is 0.609. The summed E-state index contributed by atoms with van der Waals surface area (Å²) in [6.45, 7) is 1.93. The number of esters is 1. The molecule has 6 nitrogen and oxygen atoms in total. The van der Waals surface area contributed by atoms with E-state index >= 15 is 0 Å². The Kier molecular flexibility index (Phi) is 6.27. The molecule has 6 heteroatoms. The number of ether oxygens (including phenoxy) is 4. The fourth-order valence-electron chi connectivity index (χ4n) is 1.90.